The second-order valence-electron chi connectivity index (χ2n) is 6.06. The molecule has 114 valence electrons. The van der Waals surface area contributed by atoms with E-state index in [0.29, 0.717) is 11.5 Å². The third-order valence-electron chi connectivity index (χ3n) is 4.55. The zero-order valence-corrected chi connectivity index (χ0v) is 12.4. The van der Waals surface area contributed by atoms with Crippen molar-refractivity contribution in [3.63, 3.8) is 0 Å². The van der Waals surface area contributed by atoms with Gasteiger partial charge in [0.1, 0.15) is 11.9 Å². The number of rotatable bonds is 3. The average Bonchev–Trinajstić information content (AvgIpc) is 2.85. The standard InChI is InChI=1S/C16H23N3O2/c1-10(21)16-18-13-8-12(17)6-7-15(13)19(16)14-5-3-2-4-11(14)9-20/h6-8,10-11,14,20-21H,2-5,9,17H2,1H3. The second kappa shape index (κ2) is 5.66. The molecule has 5 nitrogen and oxygen atoms in total. The van der Waals surface area contributed by atoms with Gasteiger partial charge < -0.3 is 20.5 Å². The molecule has 0 amide bonds. The Labute approximate surface area is 124 Å². The lowest BCUT2D eigenvalue weighted by Gasteiger charge is -2.33. The molecule has 0 bridgehead atoms. The van der Waals surface area contributed by atoms with Crippen LogP contribution in [0.25, 0.3) is 11.0 Å². The number of fused-ring (bicyclic) bond motifs is 1. The van der Waals surface area contributed by atoms with Crippen molar-refractivity contribution in [1.82, 2.24) is 9.55 Å². The van der Waals surface area contributed by atoms with Gasteiger partial charge in [0.2, 0.25) is 0 Å². The van der Waals surface area contributed by atoms with Crippen LogP contribution in [0.4, 0.5) is 5.69 Å². The first-order valence-corrected chi connectivity index (χ1v) is 7.68. The molecule has 1 aliphatic carbocycles. The number of hydrogen-bond donors (Lipinski definition) is 3. The Morgan fingerprint density at radius 1 is 1.38 bits per heavy atom. The van der Waals surface area contributed by atoms with Crippen molar-refractivity contribution in [2.45, 2.75) is 44.8 Å². The molecule has 1 fully saturated rings. The number of nitrogens with zero attached hydrogens (tertiary/aromatic N) is 2. The van der Waals surface area contributed by atoms with Crippen LogP contribution in [-0.4, -0.2) is 26.4 Å². The fourth-order valence-electron chi connectivity index (χ4n) is 3.52. The SMILES string of the molecule is CC(O)c1nc2cc(N)ccc2n1C1CCCCC1CO. The molecule has 1 aliphatic rings. The minimum Gasteiger partial charge on any atom is -0.399 e. The van der Waals surface area contributed by atoms with Crippen LogP contribution in [0.5, 0.6) is 0 Å². The number of nitrogen functional groups attached to an aromatic ring is 1. The van der Waals surface area contributed by atoms with Crippen LogP contribution in [0.15, 0.2) is 18.2 Å². The highest BCUT2D eigenvalue weighted by Gasteiger charge is 2.30. The number of aromatic nitrogens is 2. The number of benzene rings is 1. The van der Waals surface area contributed by atoms with Gasteiger partial charge in [0, 0.05) is 24.3 Å². The van der Waals surface area contributed by atoms with Gasteiger partial charge in [-0.1, -0.05) is 12.8 Å². The summed E-state index contributed by atoms with van der Waals surface area (Å²) in [4.78, 5) is 4.57. The molecule has 1 saturated carbocycles. The first-order valence-electron chi connectivity index (χ1n) is 7.68. The van der Waals surface area contributed by atoms with Gasteiger partial charge in [-0.2, -0.15) is 0 Å². The Kier molecular flexibility index (Phi) is 3.87. The molecule has 3 unspecified atom stereocenters. The lowest BCUT2D eigenvalue weighted by molar-refractivity contribution is 0.126. The lowest BCUT2D eigenvalue weighted by atomic mass is 9.84. The number of aliphatic hydroxyl groups is 2. The van der Waals surface area contributed by atoms with E-state index in [4.69, 9.17) is 5.73 Å². The van der Waals surface area contributed by atoms with Crippen LogP contribution >= 0.6 is 0 Å². The van der Waals surface area contributed by atoms with E-state index in [9.17, 15) is 10.2 Å². The van der Waals surface area contributed by atoms with Gasteiger partial charge in [0.15, 0.2) is 0 Å². The van der Waals surface area contributed by atoms with Crippen LogP contribution in [0.1, 0.15) is 50.6 Å². The van der Waals surface area contributed by atoms with Gasteiger partial charge >= 0.3 is 0 Å². The molecule has 4 N–H and O–H groups in total. The third-order valence-corrected chi connectivity index (χ3v) is 4.55. The molecule has 3 atom stereocenters. The van der Waals surface area contributed by atoms with Crippen LogP contribution in [0.2, 0.25) is 0 Å². The number of imidazole rings is 1. The summed E-state index contributed by atoms with van der Waals surface area (Å²) >= 11 is 0. The summed E-state index contributed by atoms with van der Waals surface area (Å²) in [6.45, 7) is 1.91. The molecular weight excluding hydrogens is 266 g/mol. The van der Waals surface area contributed by atoms with Crippen molar-refractivity contribution in [2.24, 2.45) is 5.92 Å². The highest BCUT2D eigenvalue weighted by Crippen LogP contribution is 2.38. The minimum absolute atomic E-state index is 0.179. The van der Waals surface area contributed by atoms with Gasteiger partial charge in [-0.15, -0.1) is 0 Å². The summed E-state index contributed by atoms with van der Waals surface area (Å²) in [5.41, 5.74) is 8.32. The Hall–Kier alpha value is -1.59. The summed E-state index contributed by atoms with van der Waals surface area (Å²) in [5.74, 6) is 0.896. The van der Waals surface area contributed by atoms with Crippen LogP contribution in [0, 0.1) is 5.92 Å². The quantitative estimate of drug-likeness (QED) is 0.757. The second-order valence-corrected chi connectivity index (χ2v) is 6.06. The van der Waals surface area contributed by atoms with Crippen molar-refractivity contribution in [3.05, 3.63) is 24.0 Å². The van der Waals surface area contributed by atoms with Gasteiger partial charge in [0.25, 0.3) is 0 Å². The maximum atomic E-state index is 10.1. The molecule has 1 aromatic heterocycles. The lowest BCUT2D eigenvalue weighted by Crippen LogP contribution is -2.27. The molecular formula is C16H23N3O2. The molecule has 3 rings (SSSR count). The molecule has 1 aromatic carbocycles. The number of nitrogens with two attached hydrogens (primary N) is 1. The highest BCUT2D eigenvalue weighted by molar-refractivity contribution is 5.80. The van der Waals surface area contributed by atoms with E-state index in [0.717, 1.165) is 36.7 Å². The van der Waals surface area contributed by atoms with Crippen LogP contribution < -0.4 is 5.73 Å². The minimum atomic E-state index is -0.639. The first kappa shape index (κ1) is 14.4. The fraction of sp³-hybridized carbons (Fsp3) is 0.562. The van der Waals surface area contributed by atoms with E-state index in [1.807, 2.05) is 18.2 Å². The largest absolute Gasteiger partial charge is 0.399 e. The van der Waals surface area contributed by atoms with Gasteiger partial charge in [-0.25, -0.2) is 4.98 Å². The maximum absolute atomic E-state index is 10.1. The van der Waals surface area contributed by atoms with Gasteiger partial charge in [-0.05, 0) is 38.0 Å². The van der Waals surface area contributed by atoms with E-state index in [1.165, 1.54) is 0 Å². The molecule has 21 heavy (non-hydrogen) atoms. The van der Waals surface area contributed by atoms with Crippen molar-refractivity contribution in [3.8, 4) is 0 Å². The molecule has 1 heterocycles. The zero-order chi connectivity index (χ0) is 15.0. The fourth-order valence-corrected chi connectivity index (χ4v) is 3.52. The van der Waals surface area contributed by atoms with E-state index < -0.39 is 6.10 Å². The number of anilines is 1. The van der Waals surface area contributed by atoms with Gasteiger partial charge in [0.05, 0.1) is 11.0 Å². The van der Waals surface area contributed by atoms with Crippen molar-refractivity contribution < 1.29 is 10.2 Å². The molecule has 2 aromatic rings. The molecule has 0 spiro atoms. The Balaban J connectivity index is 2.16. The highest BCUT2D eigenvalue weighted by atomic mass is 16.3. The van der Waals surface area contributed by atoms with E-state index in [1.54, 1.807) is 6.92 Å². The number of hydrogen-bond acceptors (Lipinski definition) is 4. The summed E-state index contributed by atoms with van der Waals surface area (Å²) in [6.07, 6.45) is 3.70. The summed E-state index contributed by atoms with van der Waals surface area (Å²) in [7, 11) is 0. The number of aliphatic hydroxyl groups excluding tert-OH is 2. The topological polar surface area (TPSA) is 84.3 Å². The zero-order valence-electron chi connectivity index (χ0n) is 12.4. The van der Waals surface area contributed by atoms with Gasteiger partial charge in [-0.3, -0.25) is 0 Å². The first-order chi connectivity index (χ1) is 10.1. The van der Waals surface area contributed by atoms with Crippen LogP contribution in [0.3, 0.4) is 0 Å². The average molecular weight is 289 g/mol. The molecule has 0 radical (unpaired) electrons. The van der Waals surface area contributed by atoms with Crippen molar-refractivity contribution >= 4 is 16.7 Å². The van der Waals surface area contributed by atoms with Crippen LogP contribution in [-0.2, 0) is 0 Å². The van der Waals surface area contributed by atoms with E-state index in [2.05, 4.69) is 9.55 Å². The monoisotopic (exact) mass is 289 g/mol. The van der Waals surface area contributed by atoms with E-state index >= 15 is 0 Å². The summed E-state index contributed by atoms with van der Waals surface area (Å²) in [6, 6.07) is 5.87. The normalized spacial score (nSPS) is 24.3. The Morgan fingerprint density at radius 2 is 2.14 bits per heavy atom. The van der Waals surface area contributed by atoms with E-state index in [-0.39, 0.29) is 18.6 Å². The Bertz CT molecular complexity index is 636. The summed E-state index contributed by atoms with van der Waals surface area (Å²) < 4.78 is 2.12. The molecule has 5 heteroatoms. The van der Waals surface area contributed by atoms with Crippen molar-refractivity contribution in [1.29, 1.82) is 0 Å². The van der Waals surface area contributed by atoms with Crippen molar-refractivity contribution in [2.75, 3.05) is 12.3 Å². The Morgan fingerprint density at radius 3 is 2.86 bits per heavy atom. The smallest absolute Gasteiger partial charge is 0.138 e. The summed E-state index contributed by atoms with van der Waals surface area (Å²) in [5, 5.41) is 19.8. The predicted molar refractivity (Wildman–Crippen MR) is 82.9 cm³/mol. The predicted octanol–water partition coefficient (Wildman–Crippen LogP) is 2.40. The maximum Gasteiger partial charge on any atom is 0.138 e. The third kappa shape index (κ3) is 2.51. The molecule has 0 aliphatic heterocycles. The molecule has 0 saturated heterocycles.